The smallest absolute Gasteiger partial charge is 0.342 e. The van der Waals surface area contributed by atoms with Crippen molar-refractivity contribution < 1.29 is 19.1 Å². The molecule has 3 aromatic rings. The molecule has 0 unspecified atom stereocenters. The Kier molecular flexibility index (Phi) is 5.66. The fourth-order valence-corrected chi connectivity index (χ4v) is 2.55. The molecule has 0 radical (unpaired) electrons. The number of esters is 1. The Morgan fingerprint density at radius 3 is 2.12 bits per heavy atom. The van der Waals surface area contributed by atoms with E-state index in [1.807, 2.05) is 18.2 Å². The molecule has 3 aromatic carbocycles. The molecule has 0 bridgehead atoms. The molecular formula is C21H15ClO4. The Morgan fingerprint density at radius 1 is 0.769 bits per heavy atom. The third-order valence-corrected chi connectivity index (χ3v) is 3.92. The molecule has 0 heterocycles. The molecule has 4 nitrogen and oxygen atoms in total. The van der Waals surface area contributed by atoms with E-state index < -0.39 is 12.6 Å². The summed E-state index contributed by atoms with van der Waals surface area (Å²) < 4.78 is 10.9. The van der Waals surface area contributed by atoms with E-state index in [1.54, 1.807) is 60.7 Å². The second-order valence-electron chi connectivity index (χ2n) is 5.39. The molecular weight excluding hydrogens is 352 g/mol. The zero-order chi connectivity index (χ0) is 18.4. The van der Waals surface area contributed by atoms with Gasteiger partial charge in [0.25, 0.3) is 0 Å². The lowest BCUT2D eigenvalue weighted by Gasteiger charge is -2.11. The van der Waals surface area contributed by atoms with Crippen LogP contribution in [0.4, 0.5) is 0 Å². The van der Waals surface area contributed by atoms with Crippen molar-refractivity contribution in [1.82, 2.24) is 0 Å². The minimum absolute atomic E-state index is 0.239. The first-order valence-electron chi connectivity index (χ1n) is 7.92. The van der Waals surface area contributed by atoms with Gasteiger partial charge in [-0.3, -0.25) is 4.79 Å². The molecule has 26 heavy (non-hydrogen) atoms. The van der Waals surface area contributed by atoms with E-state index in [0.717, 1.165) is 0 Å². The summed E-state index contributed by atoms with van der Waals surface area (Å²) in [4.78, 5) is 24.6. The Morgan fingerprint density at radius 2 is 1.38 bits per heavy atom. The highest BCUT2D eigenvalue weighted by molar-refractivity contribution is 6.34. The maximum Gasteiger partial charge on any atom is 0.342 e. The van der Waals surface area contributed by atoms with Crippen molar-refractivity contribution in [2.45, 2.75) is 0 Å². The number of rotatable bonds is 6. The van der Waals surface area contributed by atoms with Crippen molar-refractivity contribution in [3.8, 4) is 11.5 Å². The molecule has 0 spiro atoms. The highest BCUT2D eigenvalue weighted by Gasteiger charge is 2.17. The van der Waals surface area contributed by atoms with E-state index in [4.69, 9.17) is 21.1 Å². The van der Waals surface area contributed by atoms with Crippen LogP contribution in [0.15, 0.2) is 78.9 Å². The lowest BCUT2D eigenvalue weighted by Crippen LogP contribution is -2.15. The summed E-state index contributed by atoms with van der Waals surface area (Å²) >= 11 is 5.99. The van der Waals surface area contributed by atoms with E-state index in [2.05, 4.69) is 0 Å². The van der Waals surface area contributed by atoms with Gasteiger partial charge in [-0.1, -0.05) is 54.1 Å². The molecule has 0 amide bonds. The number of carbonyl (C=O) groups excluding carboxylic acids is 2. The van der Waals surface area contributed by atoms with Gasteiger partial charge in [-0.15, -0.1) is 0 Å². The molecule has 0 aliphatic rings. The number of para-hydroxylation sites is 2. The van der Waals surface area contributed by atoms with Gasteiger partial charge in [-0.2, -0.15) is 0 Å². The summed E-state index contributed by atoms with van der Waals surface area (Å²) in [5.74, 6) is -0.0591. The highest BCUT2D eigenvalue weighted by atomic mass is 35.5. The van der Waals surface area contributed by atoms with Gasteiger partial charge in [0.2, 0.25) is 5.78 Å². The van der Waals surface area contributed by atoms with Crippen LogP contribution in [0.25, 0.3) is 0 Å². The van der Waals surface area contributed by atoms with Gasteiger partial charge in [0, 0.05) is 5.56 Å². The van der Waals surface area contributed by atoms with Crippen molar-refractivity contribution in [3.63, 3.8) is 0 Å². The van der Waals surface area contributed by atoms with Gasteiger partial charge < -0.3 is 9.47 Å². The molecule has 3 rings (SSSR count). The van der Waals surface area contributed by atoms with Crippen molar-refractivity contribution in [2.75, 3.05) is 6.61 Å². The Bertz CT molecular complexity index is 922. The standard InChI is InChI=1S/C21H15ClO4/c22-18-12-6-4-10-16(18)19(23)14-25-21(24)17-11-5-7-13-20(17)26-15-8-2-1-3-9-15/h1-13H,14H2. The number of benzene rings is 3. The summed E-state index contributed by atoms with van der Waals surface area (Å²) in [6.45, 7) is -0.401. The topological polar surface area (TPSA) is 52.6 Å². The number of ketones is 1. The number of Topliss-reactive ketones (excluding diaryl/α,β-unsaturated/α-hetero) is 1. The van der Waals surface area contributed by atoms with Gasteiger partial charge in [0.15, 0.2) is 6.61 Å². The third kappa shape index (κ3) is 4.29. The monoisotopic (exact) mass is 366 g/mol. The quantitative estimate of drug-likeness (QED) is 0.446. The molecule has 0 saturated carbocycles. The zero-order valence-electron chi connectivity index (χ0n) is 13.7. The number of halogens is 1. The maximum atomic E-state index is 12.4. The SMILES string of the molecule is O=C(COC(=O)c1ccccc1Oc1ccccc1)c1ccccc1Cl. The zero-order valence-corrected chi connectivity index (χ0v) is 14.5. The summed E-state index contributed by atoms with van der Waals surface area (Å²) in [7, 11) is 0. The number of hydrogen-bond acceptors (Lipinski definition) is 4. The first-order valence-corrected chi connectivity index (χ1v) is 8.30. The van der Waals surface area contributed by atoms with Crippen molar-refractivity contribution in [3.05, 3.63) is 95.0 Å². The third-order valence-electron chi connectivity index (χ3n) is 3.59. The first-order chi connectivity index (χ1) is 12.6. The van der Waals surface area contributed by atoms with Gasteiger partial charge in [-0.25, -0.2) is 4.79 Å². The number of carbonyl (C=O) groups is 2. The number of hydrogen-bond donors (Lipinski definition) is 0. The van der Waals surface area contributed by atoms with E-state index in [0.29, 0.717) is 22.1 Å². The van der Waals surface area contributed by atoms with Crippen LogP contribution in [-0.2, 0) is 4.74 Å². The summed E-state index contributed by atoms with van der Waals surface area (Å²) in [6, 6.07) is 22.4. The molecule has 0 aliphatic heterocycles. The van der Waals surface area contributed by atoms with Crippen LogP contribution >= 0.6 is 11.6 Å². The van der Waals surface area contributed by atoms with Crippen LogP contribution in [0.2, 0.25) is 5.02 Å². The predicted octanol–water partition coefficient (Wildman–Crippen LogP) is 5.17. The fourth-order valence-electron chi connectivity index (χ4n) is 2.31. The van der Waals surface area contributed by atoms with Crippen LogP contribution < -0.4 is 4.74 Å². The predicted molar refractivity (Wildman–Crippen MR) is 99.0 cm³/mol. The lowest BCUT2D eigenvalue weighted by molar-refractivity contribution is 0.0472. The average Bonchev–Trinajstić information content (AvgIpc) is 2.67. The van der Waals surface area contributed by atoms with E-state index in [1.165, 1.54) is 0 Å². The molecule has 0 atom stereocenters. The summed E-state index contributed by atoms with van der Waals surface area (Å²) in [5, 5.41) is 0.321. The second-order valence-corrected chi connectivity index (χ2v) is 5.80. The van der Waals surface area contributed by atoms with Crippen LogP contribution in [0.5, 0.6) is 11.5 Å². The van der Waals surface area contributed by atoms with Crippen molar-refractivity contribution in [2.24, 2.45) is 0 Å². The number of ether oxygens (including phenoxy) is 2. The molecule has 0 saturated heterocycles. The highest BCUT2D eigenvalue weighted by Crippen LogP contribution is 2.25. The minimum Gasteiger partial charge on any atom is -0.456 e. The molecule has 0 N–H and O–H groups in total. The van der Waals surface area contributed by atoms with E-state index >= 15 is 0 Å². The van der Waals surface area contributed by atoms with E-state index in [-0.39, 0.29) is 11.3 Å². The lowest BCUT2D eigenvalue weighted by atomic mass is 10.1. The normalized spacial score (nSPS) is 10.2. The Balaban J connectivity index is 1.70. The van der Waals surface area contributed by atoms with Crippen LogP contribution in [0.1, 0.15) is 20.7 Å². The maximum absolute atomic E-state index is 12.4. The first kappa shape index (κ1) is 17.7. The van der Waals surface area contributed by atoms with Crippen molar-refractivity contribution in [1.29, 1.82) is 0 Å². The van der Waals surface area contributed by atoms with Gasteiger partial charge in [0.1, 0.15) is 17.1 Å². The summed E-state index contributed by atoms with van der Waals surface area (Å²) in [5.41, 5.74) is 0.555. The van der Waals surface area contributed by atoms with E-state index in [9.17, 15) is 9.59 Å². The molecule has 0 fully saturated rings. The van der Waals surface area contributed by atoms with Gasteiger partial charge in [0.05, 0.1) is 5.02 Å². The summed E-state index contributed by atoms with van der Waals surface area (Å²) in [6.07, 6.45) is 0. The Labute approximate surface area is 155 Å². The Hall–Kier alpha value is -3.11. The van der Waals surface area contributed by atoms with Crippen LogP contribution in [0.3, 0.4) is 0 Å². The molecule has 0 aliphatic carbocycles. The molecule has 130 valence electrons. The van der Waals surface area contributed by atoms with Crippen molar-refractivity contribution >= 4 is 23.4 Å². The van der Waals surface area contributed by atoms with Crippen LogP contribution in [0, 0.1) is 0 Å². The van der Waals surface area contributed by atoms with Gasteiger partial charge in [-0.05, 0) is 36.4 Å². The van der Waals surface area contributed by atoms with Crippen LogP contribution in [-0.4, -0.2) is 18.4 Å². The van der Waals surface area contributed by atoms with Gasteiger partial charge >= 0.3 is 5.97 Å². The average molecular weight is 367 g/mol. The second kappa shape index (κ2) is 8.32. The fraction of sp³-hybridized carbons (Fsp3) is 0.0476. The molecule has 0 aromatic heterocycles. The molecule has 5 heteroatoms. The minimum atomic E-state index is -0.642. The largest absolute Gasteiger partial charge is 0.456 e.